The van der Waals surface area contributed by atoms with Crippen LogP contribution in [0.4, 0.5) is 5.69 Å². The van der Waals surface area contributed by atoms with Gasteiger partial charge in [-0.3, -0.25) is 14.3 Å². The monoisotopic (exact) mass is 330 g/mol. The Labute approximate surface area is 140 Å². The first-order chi connectivity index (χ1) is 11.7. The van der Waals surface area contributed by atoms with E-state index < -0.39 is 0 Å². The molecule has 3 rings (SSSR count). The Hall–Kier alpha value is -2.57. The first-order valence-corrected chi connectivity index (χ1v) is 8.33. The van der Waals surface area contributed by atoms with E-state index in [4.69, 9.17) is 4.42 Å². The van der Waals surface area contributed by atoms with Crippen LogP contribution in [0.25, 0.3) is 0 Å². The molecule has 7 nitrogen and oxygen atoms in total. The van der Waals surface area contributed by atoms with Crippen LogP contribution < -0.4 is 10.6 Å². The number of hydrogen-bond donors (Lipinski definition) is 2. The van der Waals surface area contributed by atoms with Crippen LogP contribution in [-0.4, -0.2) is 27.6 Å². The van der Waals surface area contributed by atoms with E-state index >= 15 is 0 Å². The molecule has 2 amide bonds. The number of nitrogens with one attached hydrogen (secondary N) is 2. The SMILES string of the molecule is O=C(CCc1ccco1)Nc1cnn(CC(=O)NC2CCCC2)c1. The average molecular weight is 330 g/mol. The smallest absolute Gasteiger partial charge is 0.241 e. The van der Waals surface area contributed by atoms with Crippen molar-refractivity contribution in [1.29, 1.82) is 0 Å². The third kappa shape index (κ3) is 4.71. The van der Waals surface area contributed by atoms with E-state index in [9.17, 15) is 9.59 Å². The van der Waals surface area contributed by atoms with Crippen molar-refractivity contribution in [3.8, 4) is 0 Å². The van der Waals surface area contributed by atoms with Gasteiger partial charge >= 0.3 is 0 Å². The van der Waals surface area contributed by atoms with Gasteiger partial charge in [-0.1, -0.05) is 12.8 Å². The van der Waals surface area contributed by atoms with Crippen LogP contribution in [0.5, 0.6) is 0 Å². The highest BCUT2D eigenvalue weighted by Gasteiger charge is 2.17. The zero-order valence-electron chi connectivity index (χ0n) is 13.5. The molecule has 2 aromatic rings. The third-order valence-electron chi connectivity index (χ3n) is 4.12. The molecule has 1 aliphatic carbocycles. The zero-order chi connectivity index (χ0) is 16.8. The normalized spacial score (nSPS) is 14.7. The Balaban J connectivity index is 1.42. The Bertz CT molecular complexity index is 672. The third-order valence-corrected chi connectivity index (χ3v) is 4.12. The van der Waals surface area contributed by atoms with Gasteiger partial charge in [0.25, 0.3) is 0 Å². The number of anilines is 1. The van der Waals surface area contributed by atoms with E-state index in [1.54, 1.807) is 24.7 Å². The number of carbonyl (C=O) groups excluding carboxylic acids is 2. The van der Waals surface area contributed by atoms with Crippen molar-refractivity contribution in [1.82, 2.24) is 15.1 Å². The van der Waals surface area contributed by atoms with Gasteiger partial charge < -0.3 is 15.1 Å². The minimum atomic E-state index is -0.110. The fourth-order valence-electron chi connectivity index (χ4n) is 2.92. The second kappa shape index (κ2) is 7.81. The molecule has 1 saturated carbocycles. The summed E-state index contributed by atoms with van der Waals surface area (Å²) < 4.78 is 6.73. The zero-order valence-corrected chi connectivity index (χ0v) is 13.5. The van der Waals surface area contributed by atoms with E-state index in [-0.39, 0.29) is 18.4 Å². The summed E-state index contributed by atoms with van der Waals surface area (Å²) in [5, 5.41) is 9.91. The lowest BCUT2D eigenvalue weighted by Crippen LogP contribution is -2.35. The molecule has 2 heterocycles. The molecule has 0 unspecified atom stereocenters. The molecule has 128 valence electrons. The van der Waals surface area contributed by atoms with Crippen LogP contribution in [0.15, 0.2) is 35.2 Å². The van der Waals surface area contributed by atoms with E-state index in [0.29, 0.717) is 24.6 Å². The standard InChI is InChI=1S/C17H22N4O3/c22-16(8-7-15-6-3-9-24-15)20-14-10-18-21(11-14)12-17(23)19-13-4-1-2-5-13/h3,6,9-11,13H,1-2,4-5,7-8,12H2,(H,19,23)(H,20,22). The Morgan fingerprint density at radius 1 is 1.29 bits per heavy atom. The highest BCUT2D eigenvalue weighted by Crippen LogP contribution is 2.17. The van der Waals surface area contributed by atoms with Crippen molar-refractivity contribution < 1.29 is 14.0 Å². The summed E-state index contributed by atoms with van der Waals surface area (Å²) in [7, 11) is 0. The number of rotatable bonds is 7. The maximum atomic E-state index is 12.0. The quantitative estimate of drug-likeness (QED) is 0.813. The van der Waals surface area contributed by atoms with Crippen molar-refractivity contribution >= 4 is 17.5 Å². The van der Waals surface area contributed by atoms with Crippen molar-refractivity contribution in [2.45, 2.75) is 51.1 Å². The van der Waals surface area contributed by atoms with E-state index in [0.717, 1.165) is 18.6 Å². The summed E-state index contributed by atoms with van der Waals surface area (Å²) in [6, 6.07) is 3.94. The van der Waals surface area contributed by atoms with E-state index in [2.05, 4.69) is 15.7 Å². The molecular weight excluding hydrogens is 308 g/mol. The van der Waals surface area contributed by atoms with Gasteiger partial charge in [0, 0.05) is 25.1 Å². The van der Waals surface area contributed by atoms with Crippen molar-refractivity contribution in [3.05, 3.63) is 36.5 Å². The van der Waals surface area contributed by atoms with Crippen LogP contribution >= 0.6 is 0 Å². The largest absolute Gasteiger partial charge is 0.469 e. The van der Waals surface area contributed by atoms with Gasteiger partial charge in [0.2, 0.25) is 11.8 Å². The Morgan fingerprint density at radius 2 is 2.12 bits per heavy atom. The molecule has 0 aromatic carbocycles. The minimum absolute atomic E-state index is 0.0410. The van der Waals surface area contributed by atoms with Crippen molar-refractivity contribution in [2.75, 3.05) is 5.32 Å². The Morgan fingerprint density at radius 3 is 2.88 bits per heavy atom. The Kier molecular flexibility index (Phi) is 5.30. The molecule has 0 aliphatic heterocycles. The molecule has 1 fully saturated rings. The molecular formula is C17H22N4O3. The lowest BCUT2D eigenvalue weighted by Gasteiger charge is -2.11. The van der Waals surface area contributed by atoms with Gasteiger partial charge in [-0.2, -0.15) is 5.10 Å². The lowest BCUT2D eigenvalue weighted by molar-refractivity contribution is -0.122. The van der Waals surface area contributed by atoms with Crippen molar-refractivity contribution in [3.63, 3.8) is 0 Å². The first kappa shape index (κ1) is 16.3. The first-order valence-electron chi connectivity index (χ1n) is 8.33. The summed E-state index contributed by atoms with van der Waals surface area (Å²) in [5.41, 5.74) is 0.591. The molecule has 0 bridgehead atoms. The number of amides is 2. The average Bonchev–Trinajstić information content (AvgIpc) is 3.28. The van der Waals surface area contributed by atoms with Crippen LogP contribution in [0.3, 0.4) is 0 Å². The number of carbonyl (C=O) groups is 2. The summed E-state index contributed by atoms with van der Waals surface area (Å²) in [5.74, 6) is 0.631. The van der Waals surface area contributed by atoms with E-state index in [1.165, 1.54) is 17.5 Å². The number of hydrogen-bond acceptors (Lipinski definition) is 4. The lowest BCUT2D eigenvalue weighted by atomic mass is 10.2. The number of aromatic nitrogens is 2. The summed E-state index contributed by atoms with van der Waals surface area (Å²) in [6.07, 6.45) is 10.2. The topological polar surface area (TPSA) is 89.2 Å². The fraction of sp³-hybridized carbons (Fsp3) is 0.471. The molecule has 1 aliphatic rings. The minimum Gasteiger partial charge on any atom is -0.469 e. The fourth-order valence-corrected chi connectivity index (χ4v) is 2.92. The molecule has 2 aromatic heterocycles. The maximum Gasteiger partial charge on any atom is 0.241 e. The highest BCUT2D eigenvalue weighted by molar-refractivity contribution is 5.90. The molecule has 0 saturated heterocycles. The van der Waals surface area contributed by atoms with Crippen LogP contribution in [0.1, 0.15) is 37.9 Å². The second-order valence-corrected chi connectivity index (χ2v) is 6.10. The molecule has 0 atom stereocenters. The molecule has 7 heteroatoms. The van der Waals surface area contributed by atoms with Gasteiger partial charge in [-0.05, 0) is 25.0 Å². The maximum absolute atomic E-state index is 12.0. The van der Waals surface area contributed by atoms with Gasteiger partial charge in [-0.15, -0.1) is 0 Å². The summed E-state index contributed by atoms with van der Waals surface area (Å²) in [4.78, 5) is 23.9. The predicted octanol–water partition coefficient (Wildman–Crippen LogP) is 2.11. The van der Waals surface area contributed by atoms with Gasteiger partial charge in [0.15, 0.2) is 0 Å². The predicted molar refractivity (Wildman–Crippen MR) is 88.3 cm³/mol. The van der Waals surface area contributed by atoms with Crippen LogP contribution in [0, 0.1) is 0 Å². The van der Waals surface area contributed by atoms with Gasteiger partial charge in [-0.25, -0.2) is 0 Å². The summed E-state index contributed by atoms with van der Waals surface area (Å²) in [6.45, 7) is 0.165. The summed E-state index contributed by atoms with van der Waals surface area (Å²) >= 11 is 0. The number of aryl methyl sites for hydroxylation is 1. The molecule has 24 heavy (non-hydrogen) atoms. The van der Waals surface area contributed by atoms with Crippen LogP contribution in [0.2, 0.25) is 0 Å². The molecule has 0 spiro atoms. The van der Waals surface area contributed by atoms with Gasteiger partial charge in [0.1, 0.15) is 12.3 Å². The number of furan rings is 1. The second-order valence-electron chi connectivity index (χ2n) is 6.10. The highest BCUT2D eigenvalue weighted by atomic mass is 16.3. The van der Waals surface area contributed by atoms with Crippen molar-refractivity contribution in [2.24, 2.45) is 0 Å². The van der Waals surface area contributed by atoms with Gasteiger partial charge in [0.05, 0.1) is 18.1 Å². The molecule has 2 N–H and O–H groups in total. The van der Waals surface area contributed by atoms with Crippen LogP contribution in [-0.2, 0) is 22.6 Å². The van der Waals surface area contributed by atoms with E-state index in [1.807, 2.05) is 6.07 Å². The molecule has 0 radical (unpaired) electrons. The number of nitrogens with zero attached hydrogens (tertiary/aromatic N) is 2.